The van der Waals surface area contributed by atoms with E-state index in [0.29, 0.717) is 17.0 Å². The van der Waals surface area contributed by atoms with Crippen LogP contribution < -0.4 is 10.2 Å². The molecule has 5 heteroatoms. The number of rotatable bonds is 5. The first-order valence-corrected chi connectivity index (χ1v) is 10.7. The van der Waals surface area contributed by atoms with Crippen molar-refractivity contribution >= 4 is 23.2 Å². The van der Waals surface area contributed by atoms with E-state index in [4.69, 9.17) is 11.6 Å². The van der Waals surface area contributed by atoms with Crippen LogP contribution in [0.1, 0.15) is 43.0 Å². The highest BCUT2D eigenvalue weighted by atomic mass is 35.5. The maximum absolute atomic E-state index is 13.6. The molecule has 2 atom stereocenters. The van der Waals surface area contributed by atoms with Gasteiger partial charge in [-0.3, -0.25) is 10.1 Å². The molecule has 0 unspecified atom stereocenters. The molecule has 1 N–H and O–H groups in total. The number of hydrogen-bond donors (Lipinski definition) is 1. The average Bonchev–Trinajstić information content (AvgIpc) is 3.10. The van der Waals surface area contributed by atoms with E-state index in [1.165, 1.54) is 0 Å². The van der Waals surface area contributed by atoms with Gasteiger partial charge in [0.1, 0.15) is 0 Å². The van der Waals surface area contributed by atoms with E-state index < -0.39 is 0 Å². The monoisotopic (exact) mass is 429 g/mol. The normalized spacial score (nSPS) is 18.8. The molecule has 31 heavy (non-hydrogen) atoms. The maximum Gasteiger partial charge on any atom is 0.244 e. The molecule has 1 amide bonds. The highest BCUT2D eigenvalue weighted by molar-refractivity contribution is 6.30. The topological polar surface area (TPSA) is 56.1 Å². The van der Waals surface area contributed by atoms with Gasteiger partial charge in [0, 0.05) is 16.2 Å². The van der Waals surface area contributed by atoms with E-state index in [0.717, 1.165) is 16.8 Å². The van der Waals surface area contributed by atoms with Crippen LogP contribution in [0.15, 0.2) is 78.9 Å². The summed E-state index contributed by atoms with van der Waals surface area (Å²) in [6, 6.07) is 26.6. The summed E-state index contributed by atoms with van der Waals surface area (Å²) < 4.78 is 0. The van der Waals surface area contributed by atoms with Crippen molar-refractivity contribution in [2.24, 2.45) is 0 Å². The van der Waals surface area contributed by atoms with Crippen molar-refractivity contribution in [2.75, 3.05) is 4.90 Å². The molecule has 0 saturated carbocycles. The number of halogens is 1. The number of nitriles is 1. The molecule has 4 nitrogen and oxygen atoms in total. The number of carbonyl (C=O) groups excluding carboxylic acids is 1. The fourth-order valence-corrected chi connectivity index (χ4v) is 4.38. The third kappa shape index (κ3) is 4.34. The predicted octanol–water partition coefficient (Wildman–Crippen LogP) is 5.58. The number of nitrogens with zero attached hydrogens (tertiary/aromatic N) is 2. The van der Waals surface area contributed by atoms with Gasteiger partial charge in [-0.15, -0.1) is 0 Å². The minimum Gasteiger partial charge on any atom is -0.304 e. The molecule has 3 aromatic carbocycles. The van der Waals surface area contributed by atoms with E-state index in [1.54, 1.807) is 18.2 Å². The Kier molecular flexibility index (Phi) is 5.82. The van der Waals surface area contributed by atoms with Crippen molar-refractivity contribution in [3.63, 3.8) is 0 Å². The smallest absolute Gasteiger partial charge is 0.244 e. The van der Waals surface area contributed by atoms with Crippen molar-refractivity contribution in [1.29, 1.82) is 5.26 Å². The van der Waals surface area contributed by atoms with Crippen LogP contribution in [0.25, 0.3) is 0 Å². The lowest BCUT2D eigenvalue weighted by Crippen LogP contribution is -2.47. The zero-order chi connectivity index (χ0) is 22.0. The molecule has 4 rings (SSSR count). The largest absolute Gasteiger partial charge is 0.304 e. The summed E-state index contributed by atoms with van der Waals surface area (Å²) in [6.45, 7) is 4.18. The fourth-order valence-electron chi connectivity index (χ4n) is 4.25. The zero-order valence-electron chi connectivity index (χ0n) is 17.5. The fraction of sp³-hybridized carbons (Fsp3) is 0.231. The van der Waals surface area contributed by atoms with Crippen LogP contribution >= 0.6 is 11.6 Å². The SMILES string of the molecule is CC(C)(N[C@@H]1C[C@H](c2cccc(C#N)c2)N(c2ccc(Cl)cc2)C1=O)c1ccccc1. The first-order valence-electron chi connectivity index (χ1n) is 10.3. The van der Waals surface area contributed by atoms with E-state index in [-0.39, 0.29) is 23.5 Å². The van der Waals surface area contributed by atoms with Gasteiger partial charge in [-0.25, -0.2) is 0 Å². The summed E-state index contributed by atoms with van der Waals surface area (Å²) in [5.74, 6) is 0.0127. The van der Waals surface area contributed by atoms with Gasteiger partial charge in [-0.1, -0.05) is 54.1 Å². The van der Waals surface area contributed by atoms with E-state index in [1.807, 2.05) is 53.4 Å². The van der Waals surface area contributed by atoms with Crippen molar-refractivity contribution < 1.29 is 4.79 Å². The van der Waals surface area contributed by atoms with Gasteiger partial charge < -0.3 is 4.90 Å². The van der Waals surface area contributed by atoms with Crippen molar-refractivity contribution in [3.05, 3.63) is 101 Å². The molecule has 1 heterocycles. The van der Waals surface area contributed by atoms with Gasteiger partial charge in [0.05, 0.1) is 23.7 Å². The number of benzene rings is 3. The molecular weight excluding hydrogens is 406 g/mol. The molecule has 3 aromatic rings. The predicted molar refractivity (Wildman–Crippen MR) is 124 cm³/mol. The van der Waals surface area contributed by atoms with Gasteiger partial charge in [0.15, 0.2) is 0 Å². The summed E-state index contributed by atoms with van der Waals surface area (Å²) in [5, 5.41) is 13.5. The van der Waals surface area contributed by atoms with Gasteiger partial charge in [-0.05, 0) is 67.8 Å². The molecule has 0 spiro atoms. The third-order valence-corrected chi connectivity index (χ3v) is 6.09. The molecule has 1 fully saturated rings. The Morgan fingerprint density at radius 1 is 1.03 bits per heavy atom. The Bertz CT molecular complexity index is 1120. The summed E-state index contributed by atoms with van der Waals surface area (Å²) in [4.78, 5) is 15.4. The molecular formula is C26H24ClN3O. The minimum absolute atomic E-state index is 0.0127. The number of nitrogens with one attached hydrogen (secondary N) is 1. The molecule has 0 bridgehead atoms. The lowest BCUT2D eigenvalue weighted by Gasteiger charge is -2.30. The number of amides is 1. The van der Waals surface area contributed by atoms with Crippen molar-refractivity contribution in [3.8, 4) is 6.07 Å². The quantitative estimate of drug-likeness (QED) is 0.575. The van der Waals surface area contributed by atoms with Crippen LogP contribution in [0, 0.1) is 11.3 Å². The summed E-state index contributed by atoms with van der Waals surface area (Å²) in [6.07, 6.45) is 0.604. The Balaban J connectivity index is 1.70. The summed E-state index contributed by atoms with van der Waals surface area (Å²) in [7, 11) is 0. The van der Waals surface area contributed by atoms with Crippen LogP contribution in [0.3, 0.4) is 0 Å². The van der Waals surface area contributed by atoms with Gasteiger partial charge >= 0.3 is 0 Å². The molecule has 0 radical (unpaired) electrons. The molecule has 0 aliphatic carbocycles. The van der Waals surface area contributed by atoms with Crippen molar-refractivity contribution in [2.45, 2.75) is 37.9 Å². The van der Waals surface area contributed by atoms with E-state index in [9.17, 15) is 10.1 Å². The Morgan fingerprint density at radius 2 is 1.74 bits per heavy atom. The summed E-state index contributed by atoms with van der Waals surface area (Å²) in [5.41, 5.74) is 3.07. The van der Waals surface area contributed by atoms with E-state index >= 15 is 0 Å². The first-order chi connectivity index (χ1) is 14.9. The van der Waals surface area contributed by atoms with Crippen LogP contribution in [0.2, 0.25) is 5.02 Å². The second-order valence-electron chi connectivity index (χ2n) is 8.36. The zero-order valence-corrected chi connectivity index (χ0v) is 18.3. The molecule has 156 valence electrons. The lowest BCUT2D eigenvalue weighted by molar-refractivity contribution is -0.119. The second kappa shape index (κ2) is 8.55. The molecule has 1 saturated heterocycles. The molecule has 1 aliphatic rings. The summed E-state index contributed by atoms with van der Waals surface area (Å²) >= 11 is 6.08. The van der Waals surface area contributed by atoms with Gasteiger partial charge in [-0.2, -0.15) is 5.26 Å². The average molecular weight is 430 g/mol. The first kappa shape index (κ1) is 21.1. The number of carbonyl (C=O) groups is 1. The Hall–Kier alpha value is -3.13. The Labute approximate surface area is 188 Å². The highest BCUT2D eigenvalue weighted by Crippen LogP contribution is 2.39. The second-order valence-corrected chi connectivity index (χ2v) is 8.80. The maximum atomic E-state index is 13.6. The third-order valence-electron chi connectivity index (χ3n) is 5.84. The van der Waals surface area contributed by atoms with Crippen LogP contribution in [-0.4, -0.2) is 11.9 Å². The van der Waals surface area contributed by atoms with E-state index in [2.05, 4.69) is 37.4 Å². The van der Waals surface area contributed by atoms with Gasteiger partial charge in [0.2, 0.25) is 5.91 Å². The standard InChI is InChI=1S/C26H24ClN3O/c1-26(2,20-9-4-3-5-10-20)29-23-16-24(19-8-6-7-18(15-19)17-28)30(25(23)31)22-13-11-21(27)12-14-22/h3-15,23-24,29H,16H2,1-2H3/t23-,24-/m1/s1. The lowest BCUT2D eigenvalue weighted by atomic mass is 9.92. The van der Waals surface area contributed by atoms with Crippen molar-refractivity contribution in [1.82, 2.24) is 5.32 Å². The highest BCUT2D eigenvalue weighted by Gasteiger charge is 2.43. The molecule has 1 aliphatic heterocycles. The minimum atomic E-state index is -0.378. The number of anilines is 1. The van der Waals surface area contributed by atoms with Crippen LogP contribution in [0.4, 0.5) is 5.69 Å². The number of hydrogen-bond acceptors (Lipinski definition) is 3. The molecule has 0 aromatic heterocycles. The van der Waals surface area contributed by atoms with Crippen LogP contribution in [-0.2, 0) is 10.3 Å². The Morgan fingerprint density at radius 3 is 2.42 bits per heavy atom. The van der Waals surface area contributed by atoms with Gasteiger partial charge in [0.25, 0.3) is 0 Å². The van der Waals surface area contributed by atoms with Crippen LogP contribution in [0.5, 0.6) is 0 Å².